The summed E-state index contributed by atoms with van der Waals surface area (Å²) in [6.07, 6.45) is 1.83. The third-order valence-electron chi connectivity index (χ3n) is 1.65. The van der Waals surface area contributed by atoms with E-state index in [0.29, 0.717) is 4.47 Å². The van der Waals surface area contributed by atoms with Crippen molar-refractivity contribution in [1.82, 2.24) is 0 Å². The molecule has 2 nitrogen and oxygen atoms in total. The fourth-order valence-corrected chi connectivity index (χ4v) is 2.26. The number of esters is 1. The Balaban J connectivity index is 3.21. The van der Waals surface area contributed by atoms with Crippen LogP contribution in [0.15, 0.2) is 21.5 Å². The minimum absolute atomic E-state index is 0.0582. The molecule has 14 heavy (non-hydrogen) atoms. The first-order valence-electron chi connectivity index (χ1n) is 3.71. The number of hydrogen-bond donors (Lipinski definition) is 0. The second-order valence-electron chi connectivity index (χ2n) is 2.46. The minimum atomic E-state index is -0.671. The van der Waals surface area contributed by atoms with E-state index in [1.54, 1.807) is 0 Å². The summed E-state index contributed by atoms with van der Waals surface area (Å²) in [5.41, 5.74) is -0.0582. The highest BCUT2D eigenvalue weighted by molar-refractivity contribution is 9.10. The maximum Gasteiger partial charge on any atom is 0.340 e. The van der Waals surface area contributed by atoms with Crippen molar-refractivity contribution in [3.63, 3.8) is 0 Å². The molecule has 0 radical (unpaired) electrons. The lowest BCUT2D eigenvalue weighted by Gasteiger charge is -2.05. The smallest absolute Gasteiger partial charge is 0.340 e. The van der Waals surface area contributed by atoms with Crippen LogP contribution in [-0.4, -0.2) is 19.3 Å². The van der Waals surface area contributed by atoms with Crippen LogP contribution in [0.1, 0.15) is 10.4 Å². The van der Waals surface area contributed by atoms with Gasteiger partial charge in [-0.05, 0) is 34.3 Å². The second-order valence-corrected chi connectivity index (χ2v) is 4.16. The first kappa shape index (κ1) is 11.5. The van der Waals surface area contributed by atoms with E-state index in [9.17, 15) is 9.18 Å². The van der Waals surface area contributed by atoms with Gasteiger partial charge in [0, 0.05) is 9.37 Å². The Morgan fingerprint density at radius 3 is 2.71 bits per heavy atom. The molecular formula is C9H8BrFO2S. The Labute approximate surface area is 94.0 Å². The van der Waals surface area contributed by atoms with Crippen LogP contribution in [0.2, 0.25) is 0 Å². The molecule has 1 aromatic rings. The van der Waals surface area contributed by atoms with Crippen molar-refractivity contribution < 1.29 is 13.9 Å². The number of thioether (sulfide) groups is 1. The molecule has 0 heterocycles. The highest BCUT2D eigenvalue weighted by atomic mass is 79.9. The summed E-state index contributed by atoms with van der Waals surface area (Å²) < 4.78 is 18.4. The van der Waals surface area contributed by atoms with Gasteiger partial charge in [0.15, 0.2) is 0 Å². The van der Waals surface area contributed by atoms with Gasteiger partial charge in [0.2, 0.25) is 0 Å². The number of carbonyl (C=O) groups is 1. The van der Waals surface area contributed by atoms with E-state index >= 15 is 0 Å². The number of methoxy groups -OCH3 is 1. The molecule has 1 rings (SSSR count). The van der Waals surface area contributed by atoms with E-state index in [1.807, 2.05) is 6.26 Å². The zero-order valence-corrected chi connectivity index (χ0v) is 10.0. The Kier molecular flexibility index (Phi) is 3.95. The zero-order chi connectivity index (χ0) is 10.7. The second kappa shape index (κ2) is 4.79. The topological polar surface area (TPSA) is 26.3 Å². The molecule has 1 aromatic carbocycles. The van der Waals surface area contributed by atoms with Crippen LogP contribution < -0.4 is 0 Å². The number of carbonyl (C=O) groups excluding carboxylic acids is 1. The molecule has 0 bridgehead atoms. The molecule has 5 heteroatoms. The molecule has 0 saturated carbocycles. The molecule has 76 valence electrons. The summed E-state index contributed by atoms with van der Waals surface area (Å²) >= 11 is 4.64. The lowest BCUT2D eigenvalue weighted by molar-refractivity contribution is 0.0595. The summed E-state index contributed by atoms with van der Waals surface area (Å²) in [4.78, 5) is 11.8. The van der Waals surface area contributed by atoms with E-state index in [-0.39, 0.29) is 5.56 Å². The van der Waals surface area contributed by atoms with Crippen LogP contribution in [-0.2, 0) is 4.74 Å². The summed E-state index contributed by atoms with van der Waals surface area (Å²) in [7, 11) is 1.22. The van der Waals surface area contributed by atoms with Crippen molar-refractivity contribution in [3.05, 3.63) is 28.0 Å². The summed E-state index contributed by atoms with van der Waals surface area (Å²) in [5.74, 6) is -1.24. The largest absolute Gasteiger partial charge is 0.465 e. The minimum Gasteiger partial charge on any atom is -0.465 e. The molecule has 0 fully saturated rings. The highest BCUT2D eigenvalue weighted by Gasteiger charge is 2.14. The Morgan fingerprint density at radius 2 is 2.21 bits per heavy atom. The molecule has 0 spiro atoms. The van der Waals surface area contributed by atoms with Gasteiger partial charge >= 0.3 is 5.97 Å². The lowest BCUT2D eigenvalue weighted by Crippen LogP contribution is -2.04. The number of ether oxygens (including phenoxy) is 1. The standard InChI is InChI=1S/C9H8BrFO2S/c1-13-9(12)5-3-6(10)8(14-2)4-7(5)11/h3-4H,1-2H3. The average Bonchev–Trinajstić information content (AvgIpc) is 2.19. The SMILES string of the molecule is COC(=O)c1cc(Br)c(SC)cc1F. The molecule has 0 amide bonds. The highest BCUT2D eigenvalue weighted by Crippen LogP contribution is 2.28. The number of benzene rings is 1. The molecular weight excluding hydrogens is 271 g/mol. The molecule has 0 unspecified atom stereocenters. The predicted molar refractivity (Wildman–Crippen MR) is 57.2 cm³/mol. The van der Waals surface area contributed by atoms with Gasteiger partial charge in [-0.3, -0.25) is 0 Å². The number of rotatable bonds is 2. The van der Waals surface area contributed by atoms with Crippen LogP contribution in [0.5, 0.6) is 0 Å². The van der Waals surface area contributed by atoms with E-state index in [4.69, 9.17) is 0 Å². The van der Waals surface area contributed by atoms with Gasteiger partial charge in [-0.1, -0.05) is 0 Å². The first-order chi connectivity index (χ1) is 6.60. The van der Waals surface area contributed by atoms with Gasteiger partial charge in [-0.25, -0.2) is 9.18 Å². The fraction of sp³-hybridized carbons (Fsp3) is 0.222. The van der Waals surface area contributed by atoms with E-state index in [2.05, 4.69) is 20.7 Å². The van der Waals surface area contributed by atoms with Crippen molar-refractivity contribution in [2.24, 2.45) is 0 Å². The molecule has 0 aliphatic carbocycles. The normalized spacial score (nSPS) is 10.0. The van der Waals surface area contributed by atoms with Crippen molar-refractivity contribution in [3.8, 4) is 0 Å². The van der Waals surface area contributed by atoms with Gasteiger partial charge in [-0.2, -0.15) is 0 Å². The predicted octanol–water partition coefficient (Wildman–Crippen LogP) is 3.10. The monoisotopic (exact) mass is 278 g/mol. The molecule has 0 aliphatic rings. The van der Waals surface area contributed by atoms with Gasteiger partial charge < -0.3 is 4.74 Å². The summed E-state index contributed by atoms with van der Waals surface area (Å²) in [6.45, 7) is 0. The van der Waals surface area contributed by atoms with E-state index in [1.165, 1.54) is 31.0 Å². The van der Waals surface area contributed by atoms with Crippen LogP contribution in [0.3, 0.4) is 0 Å². The maximum absolute atomic E-state index is 13.3. The Bertz CT molecular complexity index is 368. The van der Waals surface area contributed by atoms with Crippen LogP contribution >= 0.6 is 27.7 Å². The van der Waals surface area contributed by atoms with Crippen molar-refractivity contribution in [1.29, 1.82) is 0 Å². The van der Waals surface area contributed by atoms with Gasteiger partial charge in [0.25, 0.3) is 0 Å². The zero-order valence-electron chi connectivity index (χ0n) is 7.64. The van der Waals surface area contributed by atoms with Crippen molar-refractivity contribution in [2.75, 3.05) is 13.4 Å². The van der Waals surface area contributed by atoms with Crippen LogP contribution in [0.4, 0.5) is 4.39 Å². The third-order valence-corrected chi connectivity index (χ3v) is 3.34. The fourth-order valence-electron chi connectivity index (χ4n) is 0.951. The lowest BCUT2D eigenvalue weighted by atomic mass is 10.2. The number of halogens is 2. The van der Waals surface area contributed by atoms with Crippen molar-refractivity contribution >= 4 is 33.7 Å². The molecule has 0 aliphatic heterocycles. The Morgan fingerprint density at radius 1 is 1.57 bits per heavy atom. The van der Waals surface area contributed by atoms with E-state index < -0.39 is 11.8 Å². The van der Waals surface area contributed by atoms with Crippen molar-refractivity contribution in [2.45, 2.75) is 4.90 Å². The van der Waals surface area contributed by atoms with Gasteiger partial charge in [0.1, 0.15) is 5.82 Å². The number of hydrogen-bond acceptors (Lipinski definition) is 3. The first-order valence-corrected chi connectivity index (χ1v) is 5.73. The van der Waals surface area contributed by atoms with Gasteiger partial charge in [-0.15, -0.1) is 11.8 Å². The molecule has 0 saturated heterocycles. The maximum atomic E-state index is 13.3. The third kappa shape index (κ3) is 2.27. The van der Waals surface area contributed by atoms with Crippen LogP contribution in [0.25, 0.3) is 0 Å². The average molecular weight is 279 g/mol. The molecule has 0 N–H and O–H groups in total. The van der Waals surface area contributed by atoms with Gasteiger partial charge in [0.05, 0.1) is 12.7 Å². The molecule has 0 aromatic heterocycles. The Hall–Kier alpha value is -0.550. The summed E-state index contributed by atoms with van der Waals surface area (Å²) in [5, 5.41) is 0. The molecule has 0 atom stereocenters. The van der Waals surface area contributed by atoms with Crippen LogP contribution in [0, 0.1) is 5.82 Å². The quantitative estimate of drug-likeness (QED) is 0.614. The van der Waals surface area contributed by atoms with E-state index in [0.717, 1.165) is 4.90 Å². The summed E-state index contributed by atoms with van der Waals surface area (Å²) in [6, 6.07) is 2.73.